The largest absolute Gasteiger partial charge is 0.306 e. The molecule has 0 saturated carbocycles. The van der Waals surface area contributed by atoms with Crippen molar-refractivity contribution in [1.82, 2.24) is 10.3 Å². The van der Waals surface area contributed by atoms with Gasteiger partial charge in [-0.1, -0.05) is 6.07 Å². The third kappa shape index (κ3) is 3.62. The van der Waals surface area contributed by atoms with Crippen LogP contribution in [0.1, 0.15) is 43.5 Å². The van der Waals surface area contributed by atoms with Crippen LogP contribution in [0.4, 0.5) is 0 Å². The molecule has 0 fully saturated rings. The number of aromatic nitrogens is 1. The summed E-state index contributed by atoms with van der Waals surface area (Å²) in [6.45, 7) is 2.17. The van der Waals surface area contributed by atoms with E-state index >= 15 is 0 Å². The van der Waals surface area contributed by atoms with Gasteiger partial charge in [-0.25, -0.2) is 0 Å². The molecule has 1 aliphatic carbocycles. The lowest BCUT2D eigenvalue weighted by Crippen LogP contribution is -2.34. The van der Waals surface area contributed by atoms with Gasteiger partial charge in [0.05, 0.1) is 5.69 Å². The minimum Gasteiger partial charge on any atom is -0.306 e. The first-order chi connectivity index (χ1) is 8.66. The lowest BCUT2D eigenvalue weighted by molar-refractivity contribution is 0.395. The van der Waals surface area contributed by atoms with Crippen molar-refractivity contribution < 1.29 is 4.21 Å². The normalized spacial score (nSPS) is 22.2. The summed E-state index contributed by atoms with van der Waals surface area (Å²) in [5, 5.41) is 3.63. The van der Waals surface area contributed by atoms with Gasteiger partial charge >= 0.3 is 0 Å². The van der Waals surface area contributed by atoms with E-state index in [1.807, 2.05) is 12.3 Å². The van der Waals surface area contributed by atoms with Gasteiger partial charge in [0.25, 0.3) is 0 Å². The molecule has 3 nitrogen and oxygen atoms in total. The van der Waals surface area contributed by atoms with Gasteiger partial charge in [0, 0.05) is 41.1 Å². The van der Waals surface area contributed by atoms with E-state index in [1.165, 1.54) is 17.7 Å². The number of fused-ring (bicyclic) bond motifs is 1. The highest BCUT2D eigenvalue weighted by Gasteiger charge is 2.22. The van der Waals surface area contributed by atoms with Crippen LogP contribution in [0.5, 0.6) is 0 Å². The summed E-state index contributed by atoms with van der Waals surface area (Å²) < 4.78 is 11.1. The fourth-order valence-electron chi connectivity index (χ4n) is 2.54. The first-order valence-corrected chi connectivity index (χ1v) is 8.39. The molecule has 0 saturated heterocycles. The Labute approximate surface area is 112 Å². The summed E-state index contributed by atoms with van der Waals surface area (Å²) in [6.07, 6.45) is 8.14. The minimum atomic E-state index is -0.693. The van der Waals surface area contributed by atoms with Crippen LogP contribution >= 0.6 is 0 Å². The van der Waals surface area contributed by atoms with Crippen LogP contribution in [0.25, 0.3) is 0 Å². The van der Waals surface area contributed by atoms with E-state index < -0.39 is 10.8 Å². The van der Waals surface area contributed by atoms with E-state index in [4.69, 9.17) is 0 Å². The molecule has 0 aliphatic heterocycles. The van der Waals surface area contributed by atoms with Crippen molar-refractivity contribution in [3.63, 3.8) is 0 Å². The third-order valence-electron chi connectivity index (χ3n) is 3.52. The van der Waals surface area contributed by atoms with Gasteiger partial charge in [-0.2, -0.15) is 0 Å². The highest BCUT2D eigenvalue weighted by Crippen LogP contribution is 2.28. The molecule has 0 aromatic carbocycles. The predicted molar refractivity (Wildman–Crippen MR) is 76.1 cm³/mol. The Morgan fingerprint density at radius 1 is 1.61 bits per heavy atom. The van der Waals surface area contributed by atoms with Gasteiger partial charge in [-0.05, 0) is 44.2 Å². The molecular weight excluding hydrogens is 244 g/mol. The van der Waals surface area contributed by atoms with Crippen LogP contribution in [0, 0.1) is 0 Å². The molecule has 1 N–H and O–H groups in total. The second kappa shape index (κ2) is 6.43. The monoisotopic (exact) mass is 266 g/mol. The zero-order chi connectivity index (χ0) is 13.0. The molecule has 1 aliphatic rings. The van der Waals surface area contributed by atoms with Crippen molar-refractivity contribution in [3.05, 3.63) is 29.6 Å². The Morgan fingerprint density at radius 3 is 3.22 bits per heavy atom. The van der Waals surface area contributed by atoms with Crippen molar-refractivity contribution in [3.8, 4) is 0 Å². The Hall–Kier alpha value is -0.740. The molecule has 100 valence electrons. The Morgan fingerprint density at radius 2 is 2.44 bits per heavy atom. The summed E-state index contributed by atoms with van der Waals surface area (Å²) >= 11 is 0. The predicted octanol–water partition coefficient (Wildman–Crippen LogP) is 2.21. The zero-order valence-electron chi connectivity index (χ0n) is 11.2. The molecule has 18 heavy (non-hydrogen) atoms. The van der Waals surface area contributed by atoms with E-state index in [0.717, 1.165) is 25.0 Å². The van der Waals surface area contributed by atoms with Crippen LogP contribution in [0.2, 0.25) is 0 Å². The van der Waals surface area contributed by atoms with Crippen LogP contribution in [0.15, 0.2) is 18.3 Å². The minimum absolute atomic E-state index is 0.371. The van der Waals surface area contributed by atoms with Gasteiger partial charge in [0.1, 0.15) is 0 Å². The summed E-state index contributed by atoms with van der Waals surface area (Å²) in [7, 11) is -0.693. The van der Waals surface area contributed by atoms with Crippen molar-refractivity contribution in [1.29, 1.82) is 0 Å². The van der Waals surface area contributed by atoms with Crippen LogP contribution in [-0.4, -0.2) is 27.2 Å². The molecule has 0 amide bonds. The number of hydrogen-bond donors (Lipinski definition) is 1. The maximum absolute atomic E-state index is 11.1. The number of aryl methyl sites for hydroxylation is 1. The second-order valence-corrected chi connectivity index (χ2v) is 6.68. The summed E-state index contributed by atoms with van der Waals surface area (Å²) in [4.78, 5) is 4.53. The van der Waals surface area contributed by atoms with Crippen LogP contribution < -0.4 is 5.32 Å². The van der Waals surface area contributed by atoms with Gasteiger partial charge < -0.3 is 5.32 Å². The van der Waals surface area contributed by atoms with Gasteiger partial charge in [-0.3, -0.25) is 9.19 Å². The number of nitrogens with one attached hydrogen (secondary N) is 1. The molecule has 1 aromatic rings. The van der Waals surface area contributed by atoms with Crippen molar-refractivity contribution in [2.45, 2.75) is 44.7 Å². The first-order valence-electron chi connectivity index (χ1n) is 6.66. The van der Waals surface area contributed by atoms with Crippen molar-refractivity contribution in [2.24, 2.45) is 0 Å². The molecule has 0 bridgehead atoms. The molecular formula is C14H22N2OS. The molecule has 3 atom stereocenters. The second-order valence-electron chi connectivity index (χ2n) is 5.13. The molecule has 2 rings (SSSR count). The Balaban J connectivity index is 1.96. The maximum atomic E-state index is 11.1. The number of rotatable bonds is 5. The SMILES string of the molecule is CC(CCS(C)=O)NC1CCCc2cccnc21. The molecule has 3 unspecified atom stereocenters. The summed E-state index contributed by atoms with van der Waals surface area (Å²) in [5.74, 6) is 0.774. The van der Waals surface area contributed by atoms with Crippen molar-refractivity contribution in [2.75, 3.05) is 12.0 Å². The van der Waals surface area contributed by atoms with Gasteiger partial charge in [-0.15, -0.1) is 0 Å². The fourth-order valence-corrected chi connectivity index (χ4v) is 3.23. The van der Waals surface area contributed by atoms with E-state index in [-0.39, 0.29) is 0 Å². The van der Waals surface area contributed by atoms with Gasteiger partial charge in [0.15, 0.2) is 0 Å². The molecule has 0 radical (unpaired) electrons. The first kappa shape index (κ1) is 13.7. The number of nitrogens with zero attached hydrogens (tertiary/aromatic N) is 1. The lowest BCUT2D eigenvalue weighted by atomic mass is 9.91. The highest BCUT2D eigenvalue weighted by molar-refractivity contribution is 7.84. The lowest BCUT2D eigenvalue weighted by Gasteiger charge is -2.28. The topological polar surface area (TPSA) is 42.0 Å². The van der Waals surface area contributed by atoms with Crippen molar-refractivity contribution >= 4 is 10.8 Å². The molecule has 1 aromatic heterocycles. The average molecular weight is 266 g/mol. The number of pyridine rings is 1. The number of hydrogen-bond acceptors (Lipinski definition) is 3. The standard InChI is InChI=1S/C14H22N2OS/c1-11(8-10-18(2)17)16-13-7-3-5-12-6-4-9-15-14(12)13/h4,6,9,11,13,16H,3,5,7-8,10H2,1-2H3. The third-order valence-corrected chi connectivity index (χ3v) is 4.33. The van der Waals surface area contributed by atoms with E-state index in [0.29, 0.717) is 12.1 Å². The quantitative estimate of drug-likeness (QED) is 0.888. The smallest absolute Gasteiger partial charge is 0.0605 e. The Bertz CT molecular complexity index is 422. The highest BCUT2D eigenvalue weighted by atomic mass is 32.2. The zero-order valence-corrected chi connectivity index (χ0v) is 12.0. The maximum Gasteiger partial charge on any atom is 0.0605 e. The molecule has 0 spiro atoms. The Kier molecular flexibility index (Phi) is 4.89. The van der Waals surface area contributed by atoms with E-state index in [9.17, 15) is 4.21 Å². The summed E-state index contributed by atoms with van der Waals surface area (Å²) in [5.41, 5.74) is 2.60. The summed E-state index contributed by atoms with van der Waals surface area (Å²) in [6, 6.07) is 4.97. The van der Waals surface area contributed by atoms with Gasteiger partial charge in [0.2, 0.25) is 0 Å². The fraction of sp³-hybridized carbons (Fsp3) is 0.643. The molecule has 4 heteroatoms. The average Bonchev–Trinajstić information content (AvgIpc) is 2.37. The van der Waals surface area contributed by atoms with Crippen LogP contribution in [0.3, 0.4) is 0 Å². The molecule has 1 heterocycles. The van der Waals surface area contributed by atoms with Crippen LogP contribution in [-0.2, 0) is 17.2 Å². The van der Waals surface area contributed by atoms with E-state index in [1.54, 1.807) is 6.26 Å². The van der Waals surface area contributed by atoms with E-state index in [2.05, 4.69) is 23.3 Å².